The van der Waals surface area contributed by atoms with Gasteiger partial charge in [0.05, 0.1) is 20.8 Å². The molecule has 2 aromatic carbocycles. The van der Waals surface area contributed by atoms with Crippen LogP contribution >= 0.6 is 22.9 Å². The molecule has 0 fully saturated rings. The van der Waals surface area contributed by atoms with Gasteiger partial charge in [-0.2, -0.15) is 0 Å². The van der Waals surface area contributed by atoms with E-state index < -0.39 is 5.97 Å². The second kappa shape index (κ2) is 8.52. The minimum atomic E-state index is -1.01. The monoisotopic (exact) mass is 438 g/mol. The molecule has 2 heterocycles. The Balaban J connectivity index is 1.48. The Morgan fingerprint density at radius 2 is 1.93 bits per heavy atom. The van der Waals surface area contributed by atoms with E-state index in [-0.39, 0.29) is 18.1 Å². The number of pyridine rings is 1. The second-order valence-corrected chi connectivity index (χ2v) is 7.67. The van der Waals surface area contributed by atoms with Crippen molar-refractivity contribution in [3.63, 3.8) is 0 Å². The van der Waals surface area contributed by atoms with Gasteiger partial charge in [0.15, 0.2) is 0 Å². The Kier molecular flexibility index (Phi) is 5.65. The molecule has 4 aromatic rings. The van der Waals surface area contributed by atoms with Crippen molar-refractivity contribution >= 4 is 50.6 Å². The van der Waals surface area contributed by atoms with Gasteiger partial charge in [0, 0.05) is 35.1 Å². The normalized spacial score (nSPS) is 10.7. The predicted molar refractivity (Wildman–Crippen MR) is 117 cm³/mol. The number of hydrogen-bond donors (Lipinski definition) is 2. The van der Waals surface area contributed by atoms with Crippen molar-refractivity contribution in [1.29, 1.82) is 0 Å². The molecular weight excluding hydrogens is 424 g/mol. The molecule has 0 atom stereocenters. The van der Waals surface area contributed by atoms with Gasteiger partial charge in [-0.05, 0) is 29.6 Å². The quantitative estimate of drug-likeness (QED) is 0.416. The highest BCUT2D eigenvalue weighted by Crippen LogP contribution is 2.29. The number of aromatic carboxylic acids is 1. The molecule has 0 saturated carbocycles. The van der Waals surface area contributed by atoms with Gasteiger partial charge in [-0.25, -0.2) is 4.79 Å². The molecule has 30 heavy (non-hydrogen) atoms. The number of hydrogen-bond acceptors (Lipinski definition) is 5. The van der Waals surface area contributed by atoms with Crippen molar-refractivity contribution in [1.82, 2.24) is 4.98 Å². The Hall–Kier alpha value is -3.42. The molecule has 2 aromatic heterocycles. The molecule has 8 heteroatoms. The zero-order valence-corrected chi connectivity index (χ0v) is 17.0. The Morgan fingerprint density at radius 3 is 2.73 bits per heavy atom. The average Bonchev–Trinajstić information content (AvgIpc) is 3.16. The topological polar surface area (TPSA) is 88.5 Å². The third-order valence-corrected chi connectivity index (χ3v) is 5.80. The number of fused-ring (bicyclic) bond motifs is 1. The number of benzene rings is 2. The number of nitrogens with zero attached hydrogens (tertiary/aromatic N) is 1. The zero-order valence-electron chi connectivity index (χ0n) is 15.5. The predicted octanol–water partition coefficient (Wildman–Crippen LogP) is 5.48. The van der Waals surface area contributed by atoms with Crippen LogP contribution < -0.4 is 10.1 Å². The summed E-state index contributed by atoms with van der Waals surface area (Å²) in [6, 6.07) is 13.8. The number of carbonyl (C=O) groups excluding carboxylic acids is 1. The largest absolute Gasteiger partial charge is 0.489 e. The second-order valence-electron chi connectivity index (χ2n) is 6.38. The van der Waals surface area contributed by atoms with Gasteiger partial charge in [0.25, 0.3) is 5.91 Å². The smallest absolute Gasteiger partial charge is 0.338 e. The van der Waals surface area contributed by atoms with Crippen molar-refractivity contribution in [3.05, 3.63) is 88.0 Å². The van der Waals surface area contributed by atoms with E-state index in [0.717, 1.165) is 10.9 Å². The Morgan fingerprint density at radius 1 is 1.10 bits per heavy atom. The van der Waals surface area contributed by atoms with Crippen molar-refractivity contribution < 1.29 is 19.4 Å². The fourth-order valence-electron chi connectivity index (χ4n) is 2.93. The number of thiophene rings is 1. The number of ether oxygens (including phenoxy) is 1. The van der Waals surface area contributed by atoms with E-state index in [2.05, 4.69) is 10.3 Å². The minimum absolute atomic E-state index is 0.174. The summed E-state index contributed by atoms with van der Waals surface area (Å²) in [6.45, 7) is 0.243. The molecule has 0 radical (unpaired) electrons. The SMILES string of the molecule is O=C(Nc1cccc(OCc2csc3c(C(=O)O)cncc23)c1)c1ccccc1Cl. The molecule has 4 rings (SSSR count). The summed E-state index contributed by atoms with van der Waals surface area (Å²) in [4.78, 5) is 27.8. The van der Waals surface area contributed by atoms with Crippen molar-refractivity contribution in [2.24, 2.45) is 0 Å². The lowest BCUT2D eigenvalue weighted by Gasteiger charge is -2.10. The zero-order chi connectivity index (χ0) is 21.1. The van der Waals surface area contributed by atoms with Crippen molar-refractivity contribution in [2.75, 3.05) is 5.32 Å². The standard InChI is InChI=1S/C22H15ClN2O4S/c23-19-7-2-1-6-16(19)21(26)25-14-4-3-5-15(8-14)29-11-13-12-30-20-17(13)9-24-10-18(20)22(27)28/h1-10,12H,11H2,(H,25,26)(H,27,28). The van der Waals surface area contributed by atoms with E-state index in [9.17, 15) is 14.7 Å². The maximum absolute atomic E-state index is 12.4. The van der Waals surface area contributed by atoms with Crippen LogP contribution in [-0.4, -0.2) is 22.0 Å². The number of rotatable bonds is 6. The van der Waals surface area contributed by atoms with Crippen LogP contribution in [0.1, 0.15) is 26.3 Å². The number of amides is 1. The van der Waals surface area contributed by atoms with E-state index in [0.29, 0.717) is 26.7 Å². The summed E-state index contributed by atoms with van der Waals surface area (Å²) in [5, 5.41) is 15.1. The first-order valence-electron chi connectivity index (χ1n) is 8.89. The third kappa shape index (κ3) is 4.12. The fourth-order valence-corrected chi connectivity index (χ4v) is 4.18. The number of anilines is 1. The van der Waals surface area contributed by atoms with E-state index in [4.69, 9.17) is 16.3 Å². The molecule has 0 bridgehead atoms. The van der Waals surface area contributed by atoms with E-state index in [1.54, 1.807) is 54.7 Å². The Labute approximate surface area is 180 Å². The maximum atomic E-state index is 12.4. The van der Waals surface area contributed by atoms with Crippen LogP contribution in [0, 0.1) is 0 Å². The lowest BCUT2D eigenvalue weighted by Crippen LogP contribution is -2.12. The van der Waals surface area contributed by atoms with Crippen LogP contribution in [0.15, 0.2) is 66.3 Å². The molecule has 0 spiro atoms. The summed E-state index contributed by atoms with van der Waals surface area (Å²) in [5.41, 5.74) is 1.98. The van der Waals surface area contributed by atoms with Gasteiger partial charge in [0.1, 0.15) is 12.4 Å². The van der Waals surface area contributed by atoms with Gasteiger partial charge in [-0.3, -0.25) is 9.78 Å². The number of aromatic nitrogens is 1. The Bertz CT molecular complexity index is 1250. The molecule has 0 unspecified atom stereocenters. The first kappa shape index (κ1) is 19.9. The highest BCUT2D eigenvalue weighted by Gasteiger charge is 2.14. The maximum Gasteiger partial charge on any atom is 0.338 e. The number of carboxylic acids is 1. The van der Waals surface area contributed by atoms with Crippen LogP contribution in [0.4, 0.5) is 5.69 Å². The van der Waals surface area contributed by atoms with Gasteiger partial charge in [-0.15, -0.1) is 11.3 Å². The van der Waals surface area contributed by atoms with Gasteiger partial charge >= 0.3 is 5.97 Å². The van der Waals surface area contributed by atoms with Gasteiger partial charge < -0.3 is 15.2 Å². The van der Waals surface area contributed by atoms with Crippen LogP contribution in [0.5, 0.6) is 5.75 Å². The van der Waals surface area contributed by atoms with Gasteiger partial charge in [-0.1, -0.05) is 29.8 Å². The molecule has 0 aliphatic rings. The van der Waals surface area contributed by atoms with E-state index >= 15 is 0 Å². The summed E-state index contributed by atoms with van der Waals surface area (Å²) in [5.74, 6) is -0.758. The molecule has 150 valence electrons. The summed E-state index contributed by atoms with van der Waals surface area (Å²) in [6.07, 6.45) is 2.98. The molecule has 1 amide bonds. The summed E-state index contributed by atoms with van der Waals surface area (Å²) < 4.78 is 6.53. The fraction of sp³-hybridized carbons (Fsp3) is 0.0455. The minimum Gasteiger partial charge on any atom is -0.489 e. The van der Waals surface area contributed by atoms with Crippen LogP contribution in [0.25, 0.3) is 10.1 Å². The first-order chi connectivity index (χ1) is 14.5. The molecule has 0 aliphatic carbocycles. The first-order valence-corrected chi connectivity index (χ1v) is 10.1. The van der Waals surface area contributed by atoms with Crippen LogP contribution in [-0.2, 0) is 6.61 Å². The third-order valence-electron chi connectivity index (χ3n) is 4.40. The van der Waals surface area contributed by atoms with Crippen molar-refractivity contribution in [3.8, 4) is 5.75 Å². The van der Waals surface area contributed by atoms with E-state index in [1.807, 2.05) is 5.38 Å². The lowest BCUT2D eigenvalue weighted by molar-refractivity contribution is 0.0698. The van der Waals surface area contributed by atoms with Crippen molar-refractivity contribution in [2.45, 2.75) is 6.61 Å². The molecule has 0 aliphatic heterocycles. The number of halogens is 1. The van der Waals surface area contributed by atoms with E-state index in [1.165, 1.54) is 17.5 Å². The molecule has 2 N–H and O–H groups in total. The summed E-state index contributed by atoms with van der Waals surface area (Å²) in [7, 11) is 0. The average molecular weight is 439 g/mol. The highest BCUT2D eigenvalue weighted by molar-refractivity contribution is 7.17. The van der Waals surface area contributed by atoms with Gasteiger partial charge in [0.2, 0.25) is 0 Å². The number of nitrogens with one attached hydrogen (secondary N) is 1. The highest BCUT2D eigenvalue weighted by atomic mass is 35.5. The molecular formula is C22H15ClN2O4S. The summed E-state index contributed by atoms with van der Waals surface area (Å²) >= 11 is 7.42. The van der Waals surface area contributed by atoms with Crippen LogP contribution in [0.3, 0.4) is 0 Å². The number of carboxylic acid groups (broad SMARTS) is 1. The molecule has 6 nitrogen and oxygen atoms in total. The van der Waals surface area contributed by atoms with Crippen LogP contribution in [0.2, 0.25) is 5.02 Å². The molecule has 0 saturated heterocycles. The lowest BCUT2D eigenvalue weighted by atomic mass is 10.2. The number of carbonyl (C=O) groups is 2.